The Bertz CT molecular complexity index is 734. The molecular weight excluding hydrogens is 414 g/mol. The predicted molar refractivity (Wildman–Crippen MR) is 126 cm³/mol. The van der Waals surface area contributed by atoms with E-state index in [0.29, 0.717) is 12.1 Å². The molecule has 0 fully saturated rings. The van der Waals surface area contributed by atoms with Crippen molar-refractivity contribution in [1.82, 2.24) is 15.5 Å². The summed E-state index contributed by atoms with van der Waals surface area (Å²) in [5, 5.41) is 5.47. The van der Waals surface area contributed by atoms with Gasteiger partial charge in [-0.15, -0.1) is 6.58 Å². The number of rotatable bonds is 11. The lowest BCUT2D eigenvalue weighted by Crippen LogP contribution is -2.53. The molecule has 0 radical (unpaired) electrons. The molecule has 2 atom stereocenters. The quantitative estimate of drug-likeness (QED) is 0.274. The molecule has 8 heteroatoms. The number of amides is 3. The first-order valence-corrected chi connectivity index (χ1v) is 11.1. The summed E-state index contributed by atoms with van der Waals surface area (Å²) >= 11 is 4.24. The van der Waals surface area contributed by atoms with Gasteiger partial charge in [0.1, 0.15) is 17.7 Å². The molecule has 0 bridgehead atoms. The minimum absolute atomic E-state index is 0.0463. The van der Waals surface area contributed by atoms with Crippen molar-refractivity contribution in [2.75, 3.05) is 18.8 Å². The molecule has 7 nitrogen and oxygen atoms in total. The Labute approximate surface area is 191 Å². The van der Waals surface area contributed by atoms with Gasteiger partial charge >= 0.3 is 6.09 Å². The van der Waals surface area contributed by atoms with Gasteiger partial charge in [0.2, 0.25) is 11.8 Å². The number of benzene rings is 1. The number of thiol groups is 1. The Morgan fingerprint density at radius 1 is 1.23 bits per heavy atom. The Morgan fingerprint density at radius 2 is 1.87 bits per heavy atom. The van der Waals surface area contributed by atoms with Gasteiger partial charge in [0.25, 0.3) is 0 Å². The smallest absolute Gasteiger partial charge is 0.408 e. The van der Waals surface area contributed by atoms with Crippen LogP contribution in [0, 0.1) is 0 Å². The lowest BCUT2D eigenvalue weighted by molar-refractivity contribution is -0.141. The number of nitrogens with one attached hydrogen (secondary N) is 2. The molecule has 0 spiro atoms. The maximum absolute atomic E-state index is 13.4. The summed E-state index contributed by atoms with van der Waals surface area (Å²) in [7, 11) is 0. The van der Waals surface area contributed by atoms with Gasteiger partial charge in [-0.25, -0.2) is 4.79 Å². The van der Waals surface area contributed by atoms with Crippen molar-refractivity contribution >= 4 is 30.5 Å². The zero-order valence-electron chi connectivity index (χ0n) is 18.9. The van der Waals surface area contributed by atoms with Crippen LogP contribution in [0.3, 0.4) is 0 Å². The second-order valence-corrected chi connectivity index (χ2v) is 8.48. The van der Waals surface area contributed by atoms with Crippen LogP contribution in [0.1, 0.15) is 52.1 Å². The van der Waals surface area contributed by atoms with Crippen molar-refractivity contribution in [3.63, 3.8) is 0 Å². The third kappa shape index (κ3) is 9.04. The summed E-state index contributed by atoms with van der Waals surface area (Å²) in [4.78, 5) is 40.1. The first-order chi connectivity index (χ1) is 14.6. The largest absolute Gasteiger partial charge is 0.444 e. The summed E-state index contributed by atoms with van der Waals surface area (Å²) in [6.07, 6.45) is 2.60. The molecule has 1 aromatic carbocycles. The number of ether oxygens (including phenoxy) is 1. The van der Waals surface area contributed by atoms with E-state index in [4.69, 9.17) is 4.74 Å². The van der Waals surface area contributed by atoms with Crippen LogP contribution in [0.25, 0.3) is 0 Å². The van der Waals surface area contributed by atoms with Gasteiger partial charge in [-0.3, -0.25) is 9.59 Å². The van der Waals surface area contributed by atoms with Crippen molar-refractivity contribution in [2.45, 2.75) is 58.2 Å². The van der Waals surface area contributed by atoms with Crippen molar-refractivity contribution in [2.24, 2.45) is 0 Å². The van der Waals surface area contributed by atoms with E-state index in [1.165, 1.54) is 4.90 Å². The molecule has 1 aromatic rings. The maximum Gasteiger partial charge on any atom is 0.408 e. The summed E-state index contributed by atoms with van der Waals surface area (Å²) in [6.45, 7) is 11.6. The number of carbonyl (C=O) groups excluding carboxylic acids is 3. The van der Waals surface area contributed by atoms with E-state index in [9.17, 15) is 14.4 Å². The Hall–Kier alpha value is -2.48. The van der Waals surface area contributed by atoms with E-state index in [-0.39, 0.29) is 18.2 Å². The number of carbonyl (C=O) groups is 3. The monoisotopic (exact) mass is 449 g/mol. The molecule has 3 amide bonds. The van der Waals surface area contributed by atoms with Crippen LogP contribution in [-0.4, -0.2) is 53.3 Å². The van der Waals surface area contributed by atoms with Gasteiger partial charge in [0, 0.05) is 18.8 Å². The highest BCUT2D eigenvalue weighted by molar-refractivity contribution is 7.80. The van der Waals surface area contributed by atoms with Gasteiger partial charge in [-0.2, -0.15) is 12.6 Å². The van der Waals surface area contributed by atoms with E-state index in [1.54, 1.807) is 39.0 Å². The van der Waals surface area contributed by atoms with Crippen molar-refractivity contribution in [1.29, 1.82) is 0 Å². The Morgan fingerprint density at radius 3 is 2.39 bits per heavy atom. The average molecular weight is 450 g/mol. The zero-order chi connectivity index (χ0) is 23.4. The zero-order valence-corrected chi connectivity index (χ0v) is 19.8. The summed E-state index contributed by atoms with van der Waals surface area (Å²) in [6, 6.07) is 7.23. The van der Waals surface area contributed by atoms with Crippen molar-refractivity contribution < 1.29 is 19.1 Å². The van der Waals surface area contributed by atoms with Gasteiger partial charge in [0.15, 0.2) is 0 Å². The molecule has 2 unspecified atom stereocenters. The van der Waals surface area contributed by atoms with Crippen molar-refractivity contribution in [3.8, 4) is 0 Å². The molecule has 0 aliphatic carbocycles. The maximum atomic E-state index is 13.4. The van der Waals surface area contributed by atoms with Crippen LogP contribution in [0.4, 0.5) is 4.79 Å². The van der Waals surface area contributed by atoms with Gasteiger partial charge in [-0.05, 0) is 32.8 Å². The number of nitrogens with zero attached hydrogens (tertiary/aromatic N) is 1. The minimum Gasteiger partial charge on any atom is -0.444 e. The third-order valence-corrected chi connectivity index (χ3v) is 4.65. The number of alkyl carbamates (subject to hydrolysis) is 1. The minimum atomic E-state index is -0.965. The molecule has 0 saturated heterocycles. The fourth-order valence-electron chi connectivity index (χ4n) is 2.89. The van der Waals surface area contributed by atoms with E-state index in [2.05, 4.69) is 29.8 Å². The molecular formula is C23H35N3O4S. The molecule has 1 rings (SSSR count). The number of hydrogen-bond acceptors (Lipinski definition) is 5. The van der Waals surface area contributed by atoms with Gasteiger partial charge < -0.3 is 20.3 Å². The van der Waals surface area contributed by atoms with E-state index < -0.39 is 29.7 Å². The first kappa shape index (κ1) is 26.6. The second kappa shape index (κ2) is 13.0. The lowest BCUT2D eigenvalue weighted by atomic mass is 10.0. The van der Waals surface area contributed by atoms with Gasteiger partial charge in [0.05, 0.1) is 0 Å². The van der Waals surface area contributed by atoms with Gasteiger partial charge in [-0.1, -0.05) is 49.8 Å². The second-order valence-electron chi connectivity index (χ2n) is 8.12. The van der Waals surface area contributed by atoms with Crippen LogP contribution >= 0.6 is 12.6 Å². The highest BCUT2D eigenvalue weighted by atomic mass is 32.1. The molecule has 2 N–H and O–H groups in total. The van der Waals surface area contributed by atoms with Crippen LogP contribution in [-0.2, 0) is 14.3 Å². The lowest BCUT2D eigenvalue weighted by Gasteiger charge is -2.33. The average Bonchev–Trinajstić information content (AvgIpc) is 2.71. The molecule has 0 saturated carbocycles. The first-order valence-electron chi connectivity index (χ1n) is 10.5. The van der Waals surface area contributed by atoms with Crippen LogP contribution < -0.4 is 10.6 Å². The fourth-order valence-corrected chi connectivity index (χ4v) is 3.14. The SMILES string of the molecule is C=CCN(C(=O)C(CS)NC(=O)OC(C)(C)C)C(C(=O)NCCCC)c1ccccc1. The molecule has 0 heterocycles. The van der Waals surface area contributed by atoms with Crippen LogP contribution in [0.2, 0.25) is 0 Å². The Balaban J connectivity index is 3.19. The molecule has 172 valence electrons. The van der Waals surface area contributed by atoms with Crippen LogP contribution in [0.5, 0.6) is 0 Å². The highest BCUT2D eigenvalue weighted by Crippen LogP contribution is 2.23. The summed E-state index contributed by atoms with van der Waals surface area (Å²) in [5.74, 6) is -0.685. The third-order valence-electron chi connectivity index (χ3n) is 4.29. The fraction of sp³-hybridized carbons (Fsp3) is 0.522. The summed E-state index contributed by atoms with van der Waals surface area (Å²) in [5.41, 5.74) is -0.0391. The highest BCUT2D eigenvalue weighted by Gasteiger charge is 2.35. The van der Waals surface area contributed by atoms with E-state index >= 15 is 0 Å². The molecule has 0 aliphatic heterocycles. The number of hydrogen-bond donors (Lipinski definition) is 3. The predicted octanol–water partition coefficient (Wildman–Crippen LogP) is 3.48. The normalized spacial score (nSPS) is 12.9. The topological polar surface area (TPSA) is 87.7 Å². The molecule has 0 aliphatic rings. The molecule has 31 heavy (non-hydrogen) atoms. The number of unbranched alkanes of at least 4 members (excludes halogenated alkanes) is 1. The molecule has 0 aromatic heterocycles. The van der Waals surface area contributed by atoms with E-state index in [1.807, 2.05) is 25.1 Å². The van der Waals surface area contributed by atoms with E-state index in [0.717, 1.165) is 12.8 Å². The van der Waals surface area contributed by atoms with Crippen LogP contribution in [0.15, 0.2) is 43.0 Å². The Kier molecular flexibility index (Phi) is 11.2. The standard InChI is InChI=1S/C23H35N3O4S/c1-6-8-14-24-20(27)19(17-12-10-9-11-13-17)26(15-7-2)21(28)18(16-31)25-22(29)30-23(3,4)5/h7,9-13,18-19,31H,2,6,8,14-16H2,1,3-5H3,(H,24,27)(H,25,29). The van der Waals surface area contributed by atoms with Crippen molar-refractivity contribution in [3.05, 3.63) is 48.6 Å². The summed E-state index contributed by atoms with van der Waals surface area (Å²) < 4.78 is 5.26.